The highest BCUT2D eigenvalue weighted by Crippen LogP contribution is 2.30. The highest BCUT2D eigenvalue weighted by Gasteiger charge is 2.11. The summed E-state index contributed by atoms with van der Waals surface area (Å²) in [5.41, 5.74) is 3.57. The summed E-state index contributed by atoms with van der Waals surface area (Å²) in [4.78, 5) is 0. The van der Waals surface area contributed by atoms with Crippen molar-refractivity contribution in [3.05, 3.63) is 36.5 Å². The van der Waals surface area contributed by atoms with Gasteiger partial charge in [0.05, 0.1) is 0 Å². The van der Waals surface area contributed by atoms with E-state index in [1.165, 1.54) is 5.57 Å². The summed E-state index contributed by atoms with van der Waals surface area (Å²) in [5.74, 6) is 0. The lowest BCUT2D eigenvalue weighted by Crippen LogP contribution is -1.67. The van der Waals surface area contributed by atoms with Crippen molar-refractivity contribution < 1.29 is 0 Å². The van der Waals surface area contributed by atoms with Crippen molar-refractivity contribution in [1.82, 2.24) is 0 Å². The van der Waals surface area contributed by atoms with E-state index in [4.69, 9.17) is 0 Å². The molecule has 1 aliphatic rings. The van der Waals surface area contributed by atoms with E-state index in [1.807, 2.05) is 0 Å². The first-order valence-corrected chi connectivity index (χ1v) is 2.72. The first kappa shape index (κ1) is 5.36. The van der Waals surface area contributed by atoms with Crippen molar-refractivity contribution in [3.8, 4) is 0 Å². The van der Waals surface area contributed by atoms with E-state index in [1.54, 1.807) is 0 Å². The van der Waals surface area contributed by atoms with Crippen LogP contribution >= 0.6 is 0 Å². The zero-order chi connectivity index (χ0) is 6.15. The minimum Gasteiger partial charge on any atom is -0.0992 e. The molecule has 0 aromatic heterocycles. The molecule has 1 rings (SSSR count). The zero-order valence-electron chi connectivity index (χ0n) is 5.04. The molecule has 0 bridgehead atoms. The van der Waals surface area contributed by atoms with Crippen LogP contribution in [0.25, 0.3) is 0 Å². The van der Waals surface area contributed by atoms with Gasteiger partial charge >= 0.3 is 0 Å². The molecule has 0 unspecified atom stereocenters. The van der Waals surface area contributed by atoms with Gasteiger partial charge in [-0.25, -0.2) is 0 Å². The molecule has 0 spiro atoms. The van der Waals surface area contributed by atoms with Gasteiger partial charge < -0.3 is 0 Å². The molecule has 0 aromatic carbocycles. The maximum Gasteiger partial charge on any atom is -0.00697 e. The van der Waals surface area contributed by atoms with Crippen LogP contribution in [0.2, 0.25) is 0 Å². The standard InChI is InChI=1S/C8H10/c1-6-4-7(2)8(3)5-6/h1-5H2. The van der Waals surface area contributed by atoms with Crippen molar-refractivity contribution in [1.29, 1.82) is 0 Å². The molecule has 0 amide bonds. The Balaban J connectivity index is 2.79. The van der Waals surface area contributed by atoms with Gasteiger partial charge in [0, 0.05) is 0 Å². The van der Waals surface area contributed by atoms with E-state index in [2.05, 4.69) is 19.7 Å². The second-order valence-electron chi connectivity index (χ2n) is 2.31. The first-order valence-electron chi connectivity index (χ1n) is 2.72. The Morgan fingerprint density at radius 3 is 1.38 bits per heavy atom. The van der Waals surface area contributed by atoms with Crippen LogP contribution in [0.3, 0.4) is 0 Å². The molecule has 0 heteroatoms. The van der Waals surface area contributed by atoms with Gasteiger partial charge in [-0.15, -0.1) is 0 Å². The molecule has 0 radical (unpaired) electrons. The van der Waals surface area contributed by atoms with Crippen LogP contribution in [-0.2, 0) is 0 Å². The Morgan fingerprint density at radius 2 is 1.25 bits per heavy atom. The fraction of sp³-hybridized carbons (Fsp3) is 0.250. The zero-order valence-corrected chi connectivity index (χ0v) is 5.04. The predicted molar refractivity (Wildman–Crippen MR) is 36.7 cm³/mol. The Kier molecular flexibility index (Phi) is 1.09. The normalized spacial score (nSPS) is 20.2. The van der Waals surface area contributed by atoms with Crippen molar-refractivity contribution >= 4 is 0 Å². The monoisotopic (exact) mass is 106 g/mol. The summed E-state index contributed by atoms with van der Waals surface area (Å²) in [6.07, 6.45) is 1.94. The van der Waals surface area contributed by atoms with Crippen molar-refractivity contribution in [3.63, 3.8) is 0 Å². The molecule has 8 heavy (non-hydrogen) atoms. The van der Waals surface area contributed by atoms with E-state index in [0.717, 1.165) is 24.0 Å². The van der Waals surface area contributed by atoms with Crippen molar-refractivity contribution in [2.75, 3.05) is 0 Å². The van der Waals surface area contributed by atoms with E-state index >= 15 is 0 Å². The van der Waals surface area contributed by atoms with Crippen molar-refractivity contribution in [2.24, 2.45) is 0 Å². The summed E-state index contributed by atoms with van der Waals surface area (Å²) in [6.45, 7) is 11.5. The second kappa shape index (κ2) is 1.62. The van der Waals surface area contributed by atoms with Gasteiger partial charge in [-0.05, 0) is 24.0 Å². The number of rotatable bonds is 0. The molecule has 1 aliphatic carbocycles. The molecular formula is C8H10. The third kappa shape index (κ3) is 0.738. The molecule has 0 heterocycles. The lowest BCUT2D eigenvalue weighted by atomic mass is 10.2. The molecule has 0 aliphatic heterocycles. The average Bonchev–Trinajstić information content (AvgIpc) is 1.85. The SMILES string of the molecule is C=C1CC(=C)C(=C)C1. The molecular weight excluding hydrogens is 96.1 g/mol. The maximum atomic E-state index is 3.83. The Labute approximate surface area is 50.2 Å². The van der Waals surface area contributed by atoms with Crippen molar-refractivity contribution in [2.45, 2.75) is 12.8 Å². The Morgan fingerprint density at radius 1 is 0.875 bits per heavy atom. The van der Waals surface area contributed by atoms with Crippen LogP contribution in [0.5, 0.6) is 0 Å². The minimum absolute atomic E-state index is 0.971. The summed E-state index contributed by atoms with van der Waals surface area (Å²) < 4.78 is 0. The first-order chi connectivity index (χ1) is 3.70. The third-order valence-corrected chi connectivity index (χ3v) is 1.43. The average molecular weight is 106 g/mol. The minimum atomic E-state index is 0.971. The van der Waals surface area contributed by atoms with Gasteiger partial charge in [-0.3, -0.25) is 0 Å². The molecule has 1 fully saturated rings. The lowest BCUT2D eigenvalue weighted by Gasteiger charge is -1.87. The maximum absolute atomic E-state index is 3.83. The summed E-state index contributed by atoms with van der Waals surface area (Å²) in [5, 5.41) is 0. The second-order valence-corrected chi connectivity index (χ2v) is 2.31. The van der Waals surface area contributed by atoms with Crippen LogP contribution < -0.4 is 0 Å². The van der Waals surface area contributed by atoms with E-state index in [0.29, 0.717) is 0 Å². The Bertz CT molecular complexity index is 143. The topological polar surface area (TPSA) is 0 Å². The molecule has 0 aromatic rings. The highest BCUT2D eigenvalue weighted by atomic mass is 14.2. The molecule has 0 N–H and O–H groups in total. The fourth-order valence-electron chi connectivity index (χ4n) is 0.916. The highest BCUT2D eigenvalue weighted by molar-refractivity contribution is 5.39. The van der Waals surface area contributed by atoms with Gasteiger partial charge in [0.15, 0.2) is 0 Å². The molecule has 1 saturated carbocycles. The third-order valence-electron chi connectivity index (χ3n) is 1.43. The molecule has 0 nitrogen and oxygen atoms in total. The number of hydrogen-bond donors (Lipinski definition) is 0. The molecule has 42 valence electrons. The predicted octanol–water partition coefficient (Wildman–Crippen LogP) is 2.45. The summed E-state index contributed by atoms with van der Waals surface area (Å²) >= 11 is 0. The fourth-order valence-corrected chi connectivity index (χ4v) is 0.916. The van der Waals surface area contributed by atoms with Gasteiger partial charge in [-0.2, -0.15) is 0 Å². The Hall–Kier alpha value is -0.780. The molecule has 0 saturated heterocycles. The van der Waals surface area contributed by atoms with Crippen LogP contribution in [0.15, 0.2) is 36.5 Å². The molecule has 0 atom stereocenters. The summed E-state index contributed by atoms with van der Waals surface area (Å²) in [6, 6.07) is 0. The van der Waals surface area contributed by atoms with E-state index in [-0.39, 0.29) is 0 Å². The van der Waals surface area contributed by atoms with Gasteiger partial charge in [0.25, 0.3) is 0 Å². The van der Waals surface area contributed by atoms with E-state index in [9.17, 15) is 0 Å². The quantitative estimate of drug-likeness (QED) is 0.416. The smallest absolute Gasteiger partial charge is 0.00697 e. The van der Waals surface area contributed by atoms with Crippen LogP contribution in [0.1, 0.15) is 12.8 Å². The van der Waals surface area contributed by atoms with Crippen LogP contribution in [-0.4, -0.2) is 0 Å². The summed E-state index contributed by atoms with van der Waals surface area (Å²) in [7, 11) is 0. The van der Waals surface area contributed by atoms with Gasteiger partial charge in [0.2, 0.25) is 0 Å². The van der Waals surface area contributed by atoms with Gasteiger partial charge in [0.1, 0.15) is 0 Å². The van der Waals surface area contributed by atoms with Gasteiger partial charge in [-0.1, -0.05) is 25.3 Å². The lowest BCUT2D eigenvalue weighted by molar-refractivity contribution is 1.22. The van der Waals surface area contributed by atoms with E-state index < -0.39 is 0 Å². The largest absolute Gasteiger partial charge is 0.0992 e. The number of allylic oxidation sites excluding steroid dienone is 3. The van der Waals surface area contributed by atoms with Crippen LogP contribution in [0.4, 0.5) is 0 Å². The van der Waals surface area contributed by atoms with Crippen LogP contribution in [0, 0.1) is 0 Å². The number of hydrogen-bond acceptors (Lipinski definition) is 0.